The number of hydrogen-bond donors (Lipinski definition) is 0. The van der Waals surface area contributed by atoms with Gasteiger partial charge in [-0.15, -0.1) is 0 Å². The average Bonchev–Trinajstić information content (AvgIpc) is 2.43. The van der Waals surface area contributed by atoms with Crippen LogP contribution < -0.4 is 4.74 Å². The van der Waals surface area contributed by atoms with Gasteiger partial charge in [-0.2, -0.15) is 10.5 Å². The van der Waals surface area contributed by atoms with E-state index >= 15 is 0 Å². The maximum atomic E-state index is 8.86. The van der Waals surface area contributed by atoms with Crippen molar-refractivity contribution in [3.05, 3.63) is 52.7 Å². The Bertz CT molecular complexity index is 669. The largest absolute Gasteiger partial charge is 0.437 e. The number of aromatic nitrogens is 1. The first-order valence-electron chi connectivity index (χ1n) is 5.43. The van der Waals surface area contributed by atoms with E-state index in [-0.39, 0.29) is 10.9 Å². The van der Waals surface area contributed by atoms with Crippen molar-refractivity contribution in [1.82, 2.24) is 4.98 Å². The molecule has 92 valence electrons. The van der Waals surface area contributed by atoms with Crippen LogP contribution in [0.3, 0.4) is 0 Å². The van der Waals surface area contributed by atoms with E-state index in [0.717, 1.165) is 5.56 Å². The number of benzene rings is 1. The number of pyridine rings is 1. The molecule has 0 N–H and O–H groups in total. The quantitative estimate of drug-likeness (QED) is 0.855. The molecule has 0 saturated heterocycles. The van der Waals surface area contributed by atoms with Crippen LogP contribution in [0.5, 0.6) is 11.6 Å². The Morgan fingerprint density at radius 1 is 1.16 bits per heavy atom. The van der Waals surface area contributed by atoms with E-state index < -0.39 is 0 Å². The van der Waals surface area contributed by atoms with Gasteiger partial charge < -0.3 is 4.74 Å². The summed E-state index contributed by atoms with van der Waals surface area (Å²) in [4.78, 5) is 3.98. The molecule has 2 rings (SSSR count). The molecule has 1 aromatic carbocycles. The fourth-order valence-corrected chi connectivity index (χ4v) is 1.65. The lowest BCUT2D eigenvalue weighted by Crippen LogP contribution is -1.91. The molecule has 0 atom stereocenters. The second-order valence-corrected chi connectivity index (χ2v) is 4.05. The Morgan fingerprint density at radius 2 is 1.89 bits per heavy atom. The van der Waals surface area contributed by atoms with Gasteiger partial charge in [-0.25, -0.2) is 4.98 Å². The molecule has 2 aromatic rings. The first-order chi connectivity index (χ1) is 9.24. The van der Waals surface area contributed by atoms with E-state index in [4.69, 9.17) is 26.9 Å². The number of hydrogen-bond acceptors (Lipinski definition) is 4. The number of nitrogens with zero attached hydrogens (tertiary/aromatic N) is 3. The Morgan fingerprint density at radius 3 is 2.53 bits per heavy atom. The van der Waals surface area contributed by atoms with Crippen LogP contribution in [0.25, 0.3) is 0 Å². The molecule has 0 bridgehead atoms. The molecule has 0 fully saturated rings. The Kier molecular flexibility index (Phi) is 3.97. The molecule has 0 saturated carbocycles. The second kappa shape index (κ2) is 5.86. The van der Waals surface area contributed by atoms with Gasteiger partial charge in [0.2, 0.25) is 5.88 Å². The first-order valence-corrected chi connectivity index (χ1v) is 5.80. The summed E-state index contributed by atoms with van der Waals surface area (Å²) in [6.45, 7) is 0. The van der Waals surface area contributed by atoms with Gasteiger partial charge in [0.05, 0.1) is 18.1 Å². The summed E-state index contributed by atoms with van der Waals surface area (Å²) in [5.41, 5.74) is 1.22. The van der Waals surface area contributed by atoms with Crippen molar-refractivity contribution in [2.24, 2.45) is 0 Å². The minimum atomic E-state index is 0.186. The number of ether oxygens (including phenoxy) is 1. The Balaban J connectivity index is 2.22. The van der Waals surface area contributed by atoms with E-state index in [1.807, 2.05) is 6.07 Å². The molecule has 19 heavy (non-hydrogen) atoms. The van der Waals surface area contributed by atoms with Crippen LogP contribution in [-0.4, -0.2) is 4.98 Å². The lowest BCUT2D eigenvalue weighted by atomic mass is 10.2. The average molecular weight is 270 g/mol. The van der Waals surface area contributed by atoms with E-state index in [1.54, 1.807) is 24.3 Å². The highest BCUT2D eigenvalue weighted by atomic mass is 35.5. The van der Waals surface area contributed by atoms with Crippen molar-refractivity contribution in [2.75, 3.05) is 0 Å². The summed E-state index contributed by atoms with van der Waals surface area (Å²) in [6.07, 6.45) is 1.81. The van der Waals surface area contributed by atoms with Crippen molar-refractivity contribution in [2.45, 2.75) is 6.42 Å². The molecule has 0 amide bonds. The van der Waals surface area contributed by atoms with Gasteiger partial charge in [-0.3, -0.25) is 0 Å². The van der Waals surface area contributed by atoms with E-state index in [2.05, 4.69) is 11.1 Å². The lowest BCUT2D eigenvalue weighted by Gasteiger charge is -2.07. The first kappa shape index (κ1) is 12.9. The molecular weight excluding hydrogens is 262 g/mol. The molecule has 1 aromatic heterocycles. The molecule has 0 unspecified atom stereocenters. The second-order valence-electron chi connectivity index (χ2n) is 3.67. The number of rotatable bonds is 3. The molecular formula is C14H8ClN3O. The highest BCUT2D eigenvalue weighted by Gasteiger charge is 2.09. The van der Waals surface area contributed by atoms with Gasteiger partial charge in [0, 0.05) is 6.20 Å². The van der Waals surface area contributed by atoms with Gasteiger partial charge in [-0.1, -0.05) is 23.7 Å². The predicted molar refractivity (Wildman–Crippen MR) is 69.8 cm³/mol. The summed E-state index contributed by atoms with van der Waals surface area (Å²) >= 11 is 5.99. The Hall–Kier alpha value is -2.56. The zero-order valence-corrected chi connectivity index (χ0v) is 10.6. The molecule has 0 aliphatic rings. The number of nitriles is 2. The third kappa shape index (κ3) is 3.01. The fourth-order valence-electron chi connectivity index (χ4n) is 1.46. The highest BCUT2D eigenvalue weighted by Crippen LogP contribution is 2.29. The topological polar surface area (TPSA) is 69.7 Å². The SMILES string of the molecule is N#CCc1ccc(Oc2nccc(C#N)c2Cl)cc1. The zero-order chi connectivity index (χ0) is 13.7. The van der Waals surface area contributed by atoms with Crippen LogP contribution in [0.2, 0.25) is 5.02 Å². The van der Waals surface area contributed by atoms with Crippen LogP contribution in [0.1, 0.15) is 11.1 Å². The van der Waals surface area contributed by atoms with Crippen molar-refractivity contribution in [3.63, 3.8) is 0 Å². The minimum absolute atomic E-state index is 0.186. The van der Waals surface area contributed by atoms with Crippen LogP contribution in [0.4, 0.5) is 0 Å². The van der Waals surface area contributed by atoms with Gasteiger partial charge in [0.25, 0.3) is 0 Å². The molecule has 0 aliphatic heterocycles. The van der Waals surface area contributed by atoms with Gasteiger partial charge in [0.1, 0.15) is 16.8 Å². The summed E-state index contributed by atoms with van der Waals surface area (Å²) in [5, 5.41) is 17.6. The molecule has 0 spiro atoms. The third-order valence-corrected chi connectivity index (χ3v) is 2.76. The van der Waals surface area contributed by atoms with Gasteiger partial charge in [-0.05, 0) is 23.8 Å². The fraction of sp³-hybridized carbons (Fsp3) is 0.0714. The van der Waals surface area contributed by atoms with E-state index in [0.29, 0.717) is 17.7 Å². The maximum Gasteiger partial charge on any atom is 0.239 e. The predicted octanol–water partition coefficient (Wildman–Crippen LogP) is 3.47. The van der Waals surface area contributed by atoms with Crippen LogP contribution in [0, 0.1) is 22.7 Å². The zero-order valence-electron chi connectivity index (χ0n) is 9.80. The summed E-state index contributed by atoms with van der Waals surface area (Å²) in [6, 6.07) is 12.6. The standard InChI is InChI=1S/C14H8ClN3O/c15-13-11(9-17)6-8-18-14(13)19-12-3-1-10(2-4-12)5-7-16/h1-4,6,8H,5H2. The van der Waals surface area contributed by atoms with Crippen LogP contribution >= 0.6 is 11.6 Å². The number of halogens is 1. The monoisotopic (exact) mass is 269 g/mol. The Labute approximate surface area is 115 Å². The normalized spacial score (nSPS) is 9.42. The highest BCUT2D eigenvalue weighted by molar-refractivity contribution is 6.33. The smallest absolute Gasteiger partial charge is 0.239 e. The minimum Gasteiger partial charge on any atom is -0.437 e. The maximum absolute atomic E-state index is 8.86. The summed E-state index contributed by atoms with van der Waals surface area (Å²) in [7, 11) is 0. The van der Waals surface area contributed by atoms with Crippen molar-refractivity contribution >= 4 is 11.6 Å². The molecule has 0 radical (unpaired) electrons. The van der Waals surface area contributed by atoms with E-state index in [1.165, 1.54) is 12.3 Å². The van der Waals surface area contributed by atoms with Crippen molar-refractivity contribution in [3.8, 4) is 23.8 Å². The van der Waals surface area contributed by atoms with E-state index in [9.17, 15) is 0 Å². The molecule has 0 aliphatic carbocycles. The molecule has 5 heteroatoms. The lowest BCUT2D eigenvalue weighted by molar-refractivity contribution is 0.463. The van der Waals surface area contributed by atoms with Gasteiger partial charge >= 0.3 is 0 Å². The van der Waals surface area contributed by atoms with Crippen molar-refractivity contribution < 1.29 is 4.74 Å². The van der Waals surface area contributed by atoms with Crippen LogP contribution in [-0.2, 0) is 6.42 Å². The molecule has 4 nitrogen and oxygen atoms in total. The van der Waals surface area contributed by atoms with Gasteiger partial charge in [0.15, 0.2) is 0 Å². The summed E-state index contributed by atoms with van der Waals surface area (Å²) in [5.74, 6) is 0.736. The van der Waals surface area contributed by atoms with Crippen molar-refractivity contribution in [1.29, 1.82) is 10.5 Å². The van der Waals surface area contributed by atoms with Crippen LogP contribution in [0.15, 0.2) is 36.5 Å². The third-order valence-electron chi connectivity index (χ3n) is 2.40. The molecule has 1 heterocycles. The summed E-state index contributed by atoms with van der Waals surface area (Å²) < 4.78 is 5.51.